The first-order valence-electron chi connectivity index (χ1n) is 6.72. The molecular formula is C13H22BrNOS. The van der Waals surface area contributed by atoms with Crippen molar-refractivity contribution in [2.75, 3.05) is 12.8 Å². The van der Waals surface area contributed by atoms with Crippen molar-refractivity contribution in [1.82, 2.24) is 4.90 Å². The van der Waals surface area contributed by atoms with Gasteiger partial charge in [0.25, 0.3) is 0 Å². The normalized spacial score (nSPS) is 34.4. The largest absolute Gasteiger partial charge is 0.341 e. The van der Waals surface area contributed by atoms with Crippen LogP contribution in [-0.4, -0.2) is 39.7 Å². The van der Waals surface area contributed by atoms with E-state index in [4.69, 9.17) is 0 Å². The highest BCUT2D eigenvalue weighted by atomic mass is 79.9. The zero-order valence-electron chi connectivity index (χ0n) is 10.5. The quantitative estimate of drug-likeness (QED) is 0.727. The van der Waals surface area contributed by atoms with E-state index in [1.54, 1.807) is 0 Å². The summed E-state index contributed by atoms with van der Waals surface area (Å²) in [6, 6.07) is 0.416. The molecule has 2 rings (SSSR count). The molecule has 0 spiro atoms. The number of alkyl halides is 1. The van der Waals surface area contributed by atoms with Crippen LogP contribution in [0.4, 0.5) is 0 Å². The summed E-state index contributed by atoms with van der Waals surface area (Å²) in [7, 11) is 2.00. The molecule has 2 nitrogen and oxygen atoms in total. The monoisotopic (exact) mass is 319 g/mol. The first-order chi connectivity index (χ1) is 8.20. The lowest BCUT2D eigenvalue weighted by Gasteiger charge is -2.37. The second-order valence-corrected chi connectivity index (χ2v) is 7.66. The van der Waals surface area contributed by atoms with Gasteiger partial charge in [-0.3, -0.25) is 4.79 Å². The number of hydrogen-bond acceptors (Lipinski definition) is 2. The van der Waals surface area contributed by atoms with Gasteiger partial charge in [0.2, 0.25) is 5.91 Å². The van der Waals surface area contributed by atoms with Gasteiger partial charge in [-0.15, -0.1) is 11.8 Å². The van der Waals surface area contributed by atoms with Crippen LogP contribution >= 0.6 is 27.7 Å². The van der Waals surface area contributed by atoms with Crippen LogP contribution in [0.25, 0.3) is 0 Å². The standard InChI is InChI=1S/C13H22BrNOS/c1-15(11-7-3-2-6-10(11)14)13(16)12-8-4-5-9-17-12/h10-12H,2-9H2,1H3. The van der Waals surface area contributed by atoms with Gasteiger partial charge < -0.3 is 4.90 Å². The van der Waals surface area contributed by atoms with Crippen molar-refractivity contribution in [3.05, 3.63) is 0 Å². The summed E-state index contributed by atoms with van der Waals surface area (Å²) in [4.78, 5) is 15.0. The summed E-state index contributed by atoms with van der Waals surface area (Å²) in [6.07, 6.45) is 8.51. The smallest absolute Gasteiger partial charge is 0.235 e. The van der Waals surface area contributed by atoms with Crippen molar-refractivity contribution in [2.24, 2.45) is 0 Å². The number of carbonyl (C=O) groups is 1. The molecule has 4 heteroatoms. The Labute approximate surface area is 117 Å². The van der Waals surface area contributed by atoms with E-state index >= 15 is 0 Å². The Morgan fingerprint density at radius 1 is 1.18 bits per heavy atom. The first kappa shape index (κ1) is 13.7. The molecule has 98 valence electrons. The maximum absolute atomic E-state index is 12.4. The van der Waals surface area contributed by atoms with E-state index < -0.39 is 0 Å². The molecule has 1 aliphatic carbocycles. The molecule has 3 unspecified atom stereocenters. The van der Waals surface area contributed by atoms with Crippen molar-refractivity contribution in [3.8, 4) is 0 Å². The molecule has 1 amide bonds. The Balaban J connectivity index is 1.92. The Kier molecular flexibility index (Phi) is 5.22. The summed E-state index contributed by atoms with van der Waals surface area (Å²) in [5.74, 6) is 1.53. The Morgan fingerprint density at radius 2 is 1.88 bits per heavy atom. The third-order valence-corrected chi connectivity index (χ3v) is 6.38. The fraction of sp³-hybridized carbons (Fsp3) is 0.923. The van der Waals surface area contributed by atoms with Gasteiger partial charge >= 0.3 is 0 Å². The molecule has 0 aromatic carbocycles. The Morgan fingerprint density at radius 3 is 2.53 bits per heavy atom. The van der Waals surface area contributed by atoms with Crippen molar-refractivity contribution in [1.29, 1.82) is 0 Å². The highest BCUT2D eigenvalue weighted by Crippen LogP contribution is 2.31. The number of nitrogens with zero attached hydrogens (tertiary/aromatic N) is 1. The maximum atomic E-state index is 12.4. The third kappa shape index (κ3) is 3.40. The summed E-state index contributed by atoms with van der Waals surface area (Å²) in [5, 5.41) is 0.232. The zero-order valence-corrected chi connectivity index (χ0v) is 12.9. The van der Waals surface area contributed by atoms with Gasteiger partial charge in [0.05, 0.1) is 5.25 Å². The van der Waals surface area contributed by atoms with Gasteiger partial charge in [-0.05, 0) is 31.4 Å². The van der Waals surface area contributed by atoms with Crippen molar-refractivity contribution in [3.63, 3.8) is 0 Å². The highest BCUT2D eigenvalue weighted by Gasteiger charge is 2.33. The van der Waals surface area contributed by atoms with Crippen LogP contribution in [0.5, 0.6) is 0 Å². The Hall–Kier alpha value is 0.300. The Bertz CT molecular complexity index is 268. The van der Waals surface area contributed by atoms with Gasteiger partial charge in [-0.1, -0.05) is 35.2 Å². The van der Waals surface area contributed by atoms with Crippen LogP contribution < -0.4 is 0 Å². The third-order valence-electron chi connectivity index (χ3n) is 3.95. The molecule has 0 radical (unpaired) electrons. The van der Waals surface area contributed by atoms with Gasteiger partial charge in [0.1, 0.15) is 0 Å². The molecule has 2 aliphatic rings. The van der Waals surface area contributed by atoms with Gasteiger partial charge in [-0.2, -0.15) is 0 Å². The molecule has 2 fully saturated rings. The predicted octanol–water partition coefficient (Wildman–Crippen LogP) is 3.44. The minimum absolute atomic E-state index is 0.232. The van der Waals surface area contributed by atoms with Crippen LogP contribution in [0.1, 0.15) is 44.9 Å². The minimum Gasteiger partial charge on any atom is -0.341 e. The van der Waals surface area contributed by atoms with E-state index in [9.17, 15) is 4.79 Å². The maximum Gasteiger partial charge on any atom is 0.235 e. The molecular weight excluding hydrogens is 298 g/mol. The molecule has 0 bridgehead atoms. The molecule has 1 saturated heterocycles. The topological polar surface area (TPSA) is 20.3 Å². The summed E-state index contributed by atoms with van der Waals surface area (Å²) in [5.41, 5.74) is 0. The molecule has 3 atom stereocenters. The van der Waals surface area contributed by atoms with E-state index in [0.717, 1.165) is 18.6 Å². The number of halogens is 1. The number of rotatable bonds is 2. The average Bonchev–Trinajstić information content (AvgIpc) is 2.39. The minimum atomic E-state index is 0.232. The molecule has 1 heterocycles. The molecule has 0 N–H and O–H groups in total. The van der Waals surface area contributed by atoms with Crippen LogP contribution in [-0.2, 0) is 4.79 Å². The van der Waals surface area contributed by atoms with Crippen molar-refractivity contribution < 1.29 is 4.79 Å². The van der Waals surface area contributed by atoms with E-state index in [2.05, 4.69) is 15.9 Å². The molecule has 1 saturated carbocycles. The highest BCUT2D eigenvalue weighted by molar-refractivity contribution is 9.09. The fourth-order valence-corrected chi connectivity index (χ4v) is 5.07. The summed E-state index contributed by atoms with van der Waals surface area (Å²) in [6.45, 7) is 0. The van der Waals surface area contributed by atoms with Crippen LogP contribution in [0.3, 0.4) is 0 Å². The molecule has 0 aromatic heterocycles. The van der Waals surface area contributed by atoms with Crippen molar-refractivity contribution >= 4 is 33.6 Å². The van der Waals surface area contributed by atoms with Gasteiger partial charge in [-0.25, -0.2) is 0 Å². The van der Waals surface area contributed by atoms with Crippen molar-refractivity contribution in [2.45, 2.75) is 61.1 Å². The SMILES string of the molecule is CN(C(=O)C1CCCCS1)C1CCCCC1Br. The lowest BCUT2D eigenvalue weighted by molar-refractivity contribution is -0.132. The zero-order chi connectivity index (χ0) is 12.3. The first-order valence-corrected chi connectivity index (χ1v) is 8.69. The molecule has 17 heavy (non-hydrogen) atoms. The van der Waals surface area contributed by atoms with Crippen LogP contribution in [0.2, 0.25) is 0 Å². The number of thioether (sulfide) groups is 1. The fourth-order valence-electron chi connectivity index (χ4n) is 2.83. The number of amides is 1. The second kappa shape index (κ2) is 6.46. The molecule has 0 aromatic rings. The average molecular weight is 320 g/mol. The van der Waals surface area contributed by atoms with Crippen LogP contribution in [0, 0.1) is 0 Å². The van der Waals surface area contributed by atoms with Gasteiger partial charge in [0, 0.05) is 17.9 Å². The lowest BCUT2D eigenvalue weighted by Crippen LogP contribution is -2.47. The van der Waals surface area contributed by atoms with E-state index in [-0.39, 0.29) is 5.25 Å². The number of carbonyl (C=O) groups excluding carboxylic acids is 1. The number of hydrogen-bond donors (Lipinski definition) is 0. The lowest BCUT2D eigenvalue weighted by atomic mass is 9.94. The van der Waals surface area contributed by atoms with Gasteiger partial charge in [0.15, 0.2) is 0 Å². The van der Waals surface area contributed by atoms with E-state index in [0.29, 0.717) is 16.8 Å². The van der Waals surface area contributed by atoms with E-state index in [1.165, 1.54) is 32.1 Å². The van der Waals surface area contributed by atoms with E-state index in [1.807, 2.05) is 23.7 Å². The summed E-state index contributed by atoms with van der Waals surface area (Å²) >= 11 is 5.61. The second-order valence-electron chi connectivity index (χ2n) is 5.17. The summed E-state index contributed by atoms with van der Waals surface area (Å²) < 4.78 is 0. The molecule has 1 aliphatic heterocycles. The van der Waals surface area contributed by atoms with Crippen LogP contribution in [0.15, 0.2) is 0 Å². The predicted molar refractivity (Wildman–Crippen MR) is 77.8 cm³/mol.